The van der Waals surface area contributed by atoms with E-state index >= 15 is 0 Å². The van der Waals surface area contributed by atoms with Crippen LogP contribution < -0.4 is 0 Å². The van der Waals surface area contributed by atoms with E-state index in [9.17, 15) is 9.18 Å². The first-order valence-corrected chi connectivity index (χ1v) is 8.84. The normalized spacial score (nSPS) is 17.9. The van der Waals surface area contributed by atoms with E-state index in [2.05, 4.69) is 4.90 Å². The van der Waals surface area contributed by atoms with E-state index in [-0.39, 0.29) is 11.9 Å². The smallest absolute Gasteiger partial charge is 0.144 e. The van der Waals surface area contributed by atoms with Crippen LogP contribution in [-0.4, -0.2) is 34.1 Å². The van der Waals surface area contributed by atoms with Crippen LogP contribution in [0.15, 0.2) is 60.9 Å². The van der Waals surface area contributed by atoms with Gasteiger partial charge in [-0.15, -0.1) is 0 Å². The van der Waals surface area contributed by atoms with Gasteiger partial charge in [0.1, 0.15) is 12.1 Å². The number of nitrogens with zero attached hydrogens (tertiary/aromatic N) is 3. The quantitative estimate of drug-likeness (QED) is 0.524. The van der Waals surface area contributed by atoms with Crippen molar-refractivity contribution < 1.29 is 9.18 Å². The molecular weight excluding hydrogens is 329 g/mol. The monoisotopic (exact) mass is 349 g/mol. The maximum Gasteiger partial charge on any atom is 0.144 e. The Labute approximate surface area is 151 Å². The second-order valence-electron chi connectivity index (χ2n) is 6.63. The van der Waals surface area contributed by atoms with Crippen molar-refractivity contribution >= 4 is 17.2 Å². The molecule has 26 heavy (non-hydrogen) atoms. The Balaban J connectivity index is 1.63. The first kappa shape index (κ1) is 16.5. The molecule has 0 bridgehead atoms. The third-order valence-electron chi connectivity index (χ3n) is 4.88. The molecule has 4 rings (SSSR count). The summed E-state index contributed by atoms with van der Waals surface area (Å²) in [6, 6.07) is 12.9. The Kier molecular flexibility index (Phi) is 4.52. The number of hydrogen-bond acceptors (Lipinski definition) is 3. The number of hydrogen-bond donors (Lipinski definition) is 0. The number of likely N-dealkylation sites (tertiary alicyclic amines) is 1. The van der Waals surface area contributed by atoms with Crippen molar-refractivity contribution in [1.82, 2.24) is 14.7 Å². The molecule has 1 aromatic heterocycles. The van der Waals surface area contributed by atoms with Gasteiger partial charge in [-0.05, 0) is 42.7 Å². The fourth-order valence-electron chi connectivity index (χ4n) is 3.59. The van der Waals surface area contributed by atoms with Crippen molar-refractivity contribution in [3.63, 3.8) is 0 Å². The fourth-order valence-corrected chi connectivity index (χ4v) is 3.59. The predicted molar refractivity (Wildman–Crippen MR) is 100 cm³/mol. The Bertz CT molecular complexity index is 963. The van der Waals surface area contributed by atoms with Gasteiger partial charge in [-0.25, -0.2) is 4.39 Å². The van der Waals surface area contributed by atoms with E-state index in [1.54, 1.807) is 12.1 Å². The molecule has 5 heteroatoms. The minimum absolute atomic E-state index is 0.218. The summed E-state index contributed by atoms with van der Waals surface area (Å²) in [7, 11) is 0. The number of fused-ring (bicyclic) bond motifs is 1. The Morgan fingerprint density at radius 1 is 1.19 bits per heavy atom. The highest BCUT2D eigenvalue weighted by Crippen LogP contribution is 2.28. The summed E-state index contributed by atoms with van der Waals surface area (Å²) >= 11 is 0. The number of carbonyl (C=O) groups is 1. The number of aldehydes is 1. The van der Waals surface area contributed by atoms with Crippen LogP contribution in [0.2, 0.25) is 0 Å². The third-order valence-corrected chi connectivity index (χ3v) is 4.88. The van der Waals surface area contributed by atoms with Crippen molar-refractivity contribution in [2.45, 2.75) is 18.9 Å². The van der Waals surface area contributed by atoms with Crippen LogP contribution in [0.4, 0.5) is 4.39 Å². The Hall–Kier alpha value is -2.95. The van der Waals surface area contributed by atoms with Crippen LogP contribution in [-0.2, 0) is 4.79 Å². The molecule has 1 aliphatic heterocycles. The molecule has 0 saturated carbocycles. The maximum absolute atomic E-state index is 14.1. The molecule has 0 N–H and O–H groups in total. The minimum Gasteiger partial charge on any atom is -0.375 e. The Morgan fingerprint density at radius 3 is 2.92 bits per heavy atom. The third kappa shape index (κ3) is 3.25. The molecule has 1 saturated heterocycles. The maximum atomic E-state index is 14.1. The molecule has 132 valence electrons. The number of rotatable bonds is 4. The standard InChI is InChI=1S/C21H20FN3O/c22-20-7-2-1-6-19(20)16-8-9-21-17(13-16)14-25(23-21)18-5-3-10-24(15-18)11-4-12-26/h1-2,4,6-9,11-14,18H,3,5,10,15H2. The van der Waals surface area contributed by atoms with Crippen molar-refractivity contribution in [3.05, 3.63) is 66.8 Å². The summed E-state index contributed by atoms with van der Waals surface area (Å²) in [6.45, 7) is 1.79. The minimum atomic E-state index is -0.218. The average molecular weight is 349 g/mol. The predicted octanol–water partition coefficient (Wildman–Crippen LogP) is 4.19. The highest BCUT2D eigenvalue weighted by Gasteiger charge is 2.20. The molecule has 1 atom stereocenters. The average Bonchev–Trinajstić information content (AvgIpc) is 3.10. The molecule has 1 unspecified atom stereocenters. The number of allylic oxidation sites excluding steroid dienone is 1. The molecule has 2 heterocycles. The summed E-state index contributed by atoms with van der Waals surface area (Å²) in [4.78, 5) is 12.7. The second kappa shape index (κ2) is 7.12. The molecule has 4 nitrogen and oxygen atoms in total. The first-order chi connectivity index (χ1) is 12.7. The van der Waals surface area contributed by atoms with E-state index in [1.165, 1.54) is 12.1 Å². The number of benzene rings is 2. The van der Waals surface area contributed by atoms with Crippen LogP contribution in [0.5, 0.6) is 0 Å². The number of halogens is 1. The van der Waals surface area contributed by atoms with Crippen LogP contribution in [0.3, 0.4) is 0 Å². The lowest BCUT2D eigenvalue weighted by Gasteiger charge is -2.31. The molecule has 0 radical (unpaired) electrons. The molecule has 0 spiro atoms. The van der Waals surface area contributed by atoms with Crippen LogP contribution in [0.25, 0.3) is 22.0 Å². The van der Waals surface area contributed by atoms with Crippen LogP contribution >= 0.6 is 0 Å². The van der Waals surface area contributed by atoms with Gasteiger partial charge in [0, 0.05) is 36.4 Å². The van der Waals surface area contributed by atoms with Gasteiger partial charge in [0.15, 0.2) is 0 Å². The summed E-state index contributed by atoms with van der Waals surface area (Å²) in [5.74, 6) is -0.218. The molecular formula is C21H20FN3O. The van der Waals surface area contributed by atoms with Gasteiger partial charge in [0.2, 0.25) is 0 Å². The van der Waals surface area contributed by atoms with Crippen LogP contribution in [0, 0.1) is 5.82 Å². The van der Waals surface area contributed by atoms with Gasteiger partial charge < -0.3 is 4.90 Å². The summed E-state index contributed by atoms with van der Waals surface area (Å²) in [5.41, 5.74) is 2.37. The lowest BCUT2D eigenvalue weighted by molar-refractivity contribution is -0.104. The molecule has 0 amide bonds. The van der Waals surface area contributed by atoms with Gasteiger partial charge in [-0.3, -0.25) is 9.48 Å². The van der Waals surface area contributed by atoms with Gasteiger partial charge in [0.05, 0.1) is 11.6 Å². The zero-order chi connectivity index (χ0) is 17.9. The Morgan fingerprint density at radius 2 is 2.08 bits per heavy atom. The summed E-state index contributed by atoms with van der Waals surface area (Å²) in [5, 5.41) is 5.72. The highest BCUT2D eigenvalue weighted by molar-refractivity contribution is 5.84. The van der Waals surface area contributed by atoms with E-state index in [4.69, 9.17) is 5.10 Å². The van der Waals surface area contributed by atoms with Gasteiger partial charge in [-0.1, -0.05) is 24.3 Å². The molecule has 1 aliphatic rings. The zero-order valence-electron chi connectivity index (χ0n) is 14.4. The first-order valence-electron chi connectivity index (χ1n) is 8.84. The zero-order valence-corrected chi connectivity index (χ0v) is 14.4. The molecule has 3 aromatic rings. The van der Waals surface area contributed by atoms with Crippen molar-refractivity contribution in [3.8, 4) is 11.1 Å². The van der Waals surface area contributed by atoms with E-state index < -0.39 is 0 Å². The van der Waals surface area contributed by atoms with Crippen molar-refractivity contribution in [2.24, 2.45) is 0 Å². The highest BCUT2D eigenvalue weighted by atomic mass is 19.1. The second-order valence-corrected chi connectivity index (χ2v) is 6.63. The van der Waals surface area contributed by atoms with Crippen molar-refractivity contribution in [1.29, 1.82) is 0 Å². The lowest BCUT2D eigenvalue weighted by Crippen LogP contribution is -2.33. The van der Waals surface area contributed by atoms with E-state index in [1.807, 2.05) is 41.3 Å². The number of carbonyl (C=O) groups excluding carboxylic acids is 1. The topological polar surface area (TPSA) is 38.1 Å². The number of aromatic nitrogens is 2. The van der Waals surface area contributed by atoms with Gasteiger partial charge in [0.25, 0.3) is 0 Å². The summed E-state index contributed by atoms with van der Waals surface area (Å²) < 4.78 is 16.1. The SMILES string of the molecule is O=CC=CN1CCCC(n2cc3cc(-c4ccccc4F)ccc3n2)C1. The summed E-state index contributed by atoms with van der Waals surface area (Å²) in [6.07, 6.45) is 8.33. The van der Waals surface area contributed by atoms with E-state index in [0.717, 1.165) is 48.7 Å². The van der Waals surface area contributed by atoms with E-state index in [0.29, 0.717) is 5.56 Å². The molecule has 0 aliphatic carbocycles. The number of piperidine rings is 1. The molecule has 2 aromatic carbocycles. The van der Waals surface area contributed by atoms with Gasteiger partial charge in [-0.2, -0.15) is 5.10 Å². The lowest BCUT2D eigenvalue weighted by atomic mass is 10.0. The molecule has 1 fully saturated rings. The van der Waals surface area contributed by atoms with Crippen molar-refractivity contribution in [2.75, 3.05) is 13.1 Å². The largest absolute Gasteiger partial charge is 0.375 e. The van der Waals surface area contributed by atoms with Crippen LogP contribution in [0.1, 0.15) is 18.9 Å². The fraction of sp³-hybridized carbons (Fsp3) is 0.238. The van der Waals surface area contributed by atoms with Gasteiger partial charge >= 0.3 is 0 Å².